The Morgan fingerprint density at radius 3 is 2.70 bits per heavy atom. The van der Waals surface area contributed by atoms with Crippen LogP contribution in [0.2, 0.25) is 0 Å². The lowest BCUT2D eigenvalue weighted by Crippen LogP contribution is -2.42. The van der Waals surface area contributed by atoms with Crippen molar-refractivity contribution in [1.82, 2.24) is 29.9 Å². The zero-order chi connectivity index (χ0) is 26.3. The van der Waals surface area contributed by atoms with E-state index in [9.17, 15) is 10.1 Å². The summed E-state index contributed by atoms with van der Waals surface area (Å²) in [6.45, 7) is 11.0. The van der Waals surface area contributed by atoms with Gasteiger partial charge in [-0.2, -0.15) is 5.26 Å². The van der Waals surface area contributed by atoms with Gasteiger partial charge >= 0.3 is 6.09 Å². The molecule has 0 spiro atoms. The van der Waals surface area contributed by atoms with Crippen molar-refractivity contribution < 1.29 is 9.53 Å². The molecule has 0 unspecified atom stereocenters. The molecule has 0 radical (unpaired) electrons. The van der Waals surface area contributed by atoms with E-state index < -0.39 is 5.60 Å². The normalized spacial score (nSPS) is 14.9. The molecule has 10 heteroatoms. The number of H-pyrrole nitrogens is 1. The molecule has 3 aromatic heterocycles. The number of amides is 1. The lowest BCUT2D eigenvalue weighted by Gasteiger charge is -2.33. The number of nitriles is 1. The van der Waals surface area contributed by atoms with Crippen LogP contribution in [0.3, 0.4) is 0 Å². The number of piperidine rings is 1. The van der Waals surface area contributed by atoms with Gasteiger partial charge in [0.2, 0.25) is 0 Å². The molecular formula is C27H32N8O2. The Morgan fingerprint density at radius 2 is 2.03 bits per heavy atom. The zero-order valence-electron chi connectivity index (χ0n) is 21.9. The molecule has 192 valence electrons. The second-order valence-corrected chi connectivity index (χ2v) is 10.8. The molecule has 10 nitrogen and oxygen atoms in total. The summed E-state index contributed by atoms with van der Waals surface area (Å²) in [5.41, 5.74) is 5.15. The first-order valence-corrected chi connectivity index (χ1v) is 12.6. The number of likely N-dealkylation sites (tertiary alicyclic amines) is 1. The number of hydrogen-bond donors (Lipinski definition) is 2. The van der Waals surface area contributed by atoms with Crippen LogP contribution in [0, 0.1) is 11.3 Å². The summed E-state index contributed by atoms with van der Waals surface area (Å²) in [6, 6.07) is 8.10. The van der Waals surface area contributed by atoms with Crippen LogP contribution < -0.4 is 5.32 Å². The average molecular weight is 501 g/mol. The Morgan fingerprint density at radius 1 is 1.27 bits per heavy atom. The van der Waals surface area contributed by atoms with E-state index in [-0.39, 0.29) is 18.2 Å². The fourth-order valence-electron chi connectivity index (χ4n) is 4.75. The number of ether oxygens (including phenoxy) is 1. The van der Waals surface area contributed by atoms with Crippen LogP contribution in [-0.4, -0.2) is 60.7 Å². The van der Waals surface area contributed by atoms with Gasteiger partial charge in [0.25, 0.3) is 0 Å². The summed E-state index contributed by atoms with van der Waals surface area (Å²) in [7, 11) is 0. The summed E-state index contributed by atoms with van der Waals surface area (Å²) in [5.74, 6) is 0. The molecule has 1 amide bonds. The highest BCUT2D eigenvalue weighted by Crippen LogP contribution is 2.36. The van der Waals surface area contributed by atoms with Gasteiger partial charge < -0.3 is 19.9 Å². The van der Waals surface area contributed by atoms with Crippen molar-refractivity contribution in [1.29, 1.82) is 5.26 Å². The van der Waals surface area contributed by atoms with Gasteiger partial charge in [-0.05, 0) is 65.7 Å². The molecule has 1 aliphatic rings. The van der Waals surface area contributed by atoms with E-state index in [0.717, 1.165) is 51.7 Å². The molecule has 4 heterocycles. The Kier molecular flexibility index (Phi) is 6.23. The number of carbonyl (C=O) groups excluding carboxylic acids is 1. The van der Waals surface area contributed by atoms with Gasteiger partial charge in [0.15, 0.2) is 0 Å². The standard InChI is InChI=1S/C27H32N8O2/c1-16(2)30-24-20(14-29-23-19-7-6-17(13-28)12-21(19)31-25(23)24)22-15-35(33-32-22)18-8-10-34(11-9-18)26(36)37-27(3,4)5/h6-7,12,14-16,18,31H,8-11H2,1-5H3,(H,29,30). The van der Waals surface area contributed by atoms with Crippen molar-refractivity contribution in [2.24, 2.45) is 0 Å². The van der Waals surface area contributed by atoms with E-state index in [1.807, 2.05) is 50.0 Å². The number of fused-ring (bicyclic) bond motifs is 3. The highest BCUT2D eigenvalue weighted by molar-refractivity contribution is 6.11. The smallest absolute Gasteiger partial charge is 0.410 e. The zero-order valence-corrected chi connectivity index (χ0v) is 21.9. The number of pyridine rings is 1. The van der Waals surface area contributed by atoms with Crippen LogP contribution in [0.1, 0.15) is 59.1 Å². The molecule has 0 saturated carbocycles. The van der Waals surface area contributed by atoms with Crippen molar-refractivity contribution in [2.75, 3.05) is 18.4 Å². The maximum Gasteiger partial charge on any atom is 0.410 e. The number of nitrogens with one attached hydrogen (secondary N) is 2. The van der Waals surface area contributed by atoms with Gasteiger partial charge in [0, 0.05) is 41.8 Å². The number of benzene rings is 1. The van der Waals surface area contributed by atoms with Gasteiger partial charge in [0.1, 0.15) is 11.3 Å². The Hall–Kier alpha value is -4.13. The van der Waals surface area contributed by atoms with Crippen LogP contribution in [0.5, 0.6) is 0 Å². The SMILES string of the molecule is CC(C)Nc1c(-c2cn(C3CCN(C(=O)OC(C)(C)C)CC3)nn2)cnc2c1[nH]c1cc(C#N)ccc12. The minimum Gasteiger partial charge on any atom is -0.444 e. The predicted octanol–water partition coefficient (Wildman–Crippen LogP) is 5.24. The van der Waals surface area contributed by atoms with Crippen molar-refractivity contribution in [3.05, 3.63) is 36.2 Å². The van der Waals surface area contributed by atoms with Crippen molar-refractivity contribution in [3.63, 3.8) is 0 Å². The van der Waals surface area contributed by atoms with E-state index in [2.05, 4.69) is 40.5 Å². The van der Waals surface area contributed by atoms with Gasteiger partial charge in [-0.15, -0.1) is 5.10 Å². The van der Waals surface area contributed by atoms with Crippen molar-refractivity contribution in [3.8, 4) is 17.3 Å². The summed E-state index contributed by atoms with van der Waals surface area (Å²) in [6.07, 6.45) is 5.07. The quantitative estimate of drug-likeness (QED) is 0.393. The third kappa shape index (κ3) is 4.94. The number of hydrogen-bond acceptors (Lipinski definition) is 7. The number of carbonyl (C=O) groups is 1. The molecule has 0 bridgehead atoms. The summed E-state index contributed by atoms with van der Waals surface area (Å²) >= 11 is 0. The molecule has 4 aromatic rings. The molecule has 1 saturated heterocycles. The fraction of sp³-hybridized carbons (Fsp3) is 0.444. The predicted molar refractivity (Wildman–Crippen MR) is 142 cm³/mol. The lowest BCUT2D eigenvalue weighted by molar-refractivity contribution is 0.0184. The van der Waals surface area contributed by atoms with Gasteiger partial charge in [-0.1, -0.05) is 5.21 Å². The molecule has 1 aromatic carbocycles. The van der Waals surface area contributed by atoms with E-state index in [1.54, 1.807) is 11.0 Å². The number of aromatic amines is 1. The highest BCUT2D eigenvalue weighted by atomic mass is 16.6. The van der Waals surface area contributed by atoms with Gasteiger partial charge in [0.05, 0.1) is 40.6 Å². The van der Waals surface area contributed by atoms with Crippen LogP contribution in [-0.2, 0) is 4.74 Å². The minimum absolute atomic E-state index is 0.149. The third-order valence-electron chi connectivity index (χ3n) is 6.45. The molecule has 1 fully saturated rings. The Labute approximate surface area is 215 Å². The van der Waals surface area contributed by atoms with E-state index in [4.69, 9.17) is 9.72 Å². The van der Waals surface area contributed by atoms with Crippen LogP contribution in [0.4, 0.5) is 10.5 Å². The van der Waals surface area contributed by atoms with Crippen LogP contribution in [0.25, 0.3) is 33.2 Å². The number of nitrogens with zero attached hydrogens (tertiary/aromatic N) is 6. The highest BCUT2D eigenvalue weighted by Gasteiger charge is 2.28. The molecule has 0 atom stereocenters. The maximum absolute atomic E-state index is 12.4. The molecule has 5 rings (SSSR count). The summed E-state index contributed by atoms with van der Waals surface area (Å²) < 4.78 is 7.41. The monoisotopic (exact) mass is 500 g/mol. The second-order valence-electron chi connectivity index (χ2n) is 10.8. The maximum atomic E-state index is 12.4. The number of aromatic nitrogens is 5. The molecule has 37 heavy (non-hydrogen) atoms. The number of rotatable bonds is 4. The van der Waals surface area contributed by atoms with E-state index >= 15 is 0 Å². The molecule has 1 aliphatic heterocycles. The first kappa shape index (κ1) is 24.6. The van der Waals surface area contributed by atoms with Gasteiger partial charge in [-0.25, -0.2) is 9.48 Å². The van der Waals surface area contributed by atoms with E-state index in [0.29, 0.717) is 18.7 Å². The molecule has 2 N–H and O–H groups in total. The fourth-order valence-corrected chi connectivity index (χ4v) is 4.75. The third-order valence-corrected chi connectivity index (χ3v) is 6.45. The Balaban J connectivity index is 1.43. The average Bonchev–Trinajstić information content (AvgIpc) is 3.48. The van der Waals surface area contributed by atoms with E-state index in [1.165, 1.54) is 0 Å². The van der Waals surface area contributed by atoms with Crippen molar-refractivity contribution in [2.45, 2.75) is 65.1 Å². The first-order valence-electron chi connectivity index (χ1n) is 12.6. The van der Waals surface area contributed by atoms with Crippen LogP contribution in [0.15, 0.2) is 30.6 Å². The first-order chi connectivity index (χ1) is 17.6. The molecular weight excluding hydrogens is 468 g/mol. The summed E-state index contributed by atoms with van der Waals surface area (Å²) in [4.78, 5) is 22.4. The van der Waals surface area contributed by atoms with Crippen molar-refractivity contribution >= 4 is 33.7 Å². The van der Waals surface area contributed by atoms with Crippen LogP contribution >= 0.6 is 0 Å². The lowest BCUT2D eigenvalue weighted by atomic mass is 10.1. The largest absolute Gasteiger partial charge is 0.444 e. The second kappa shape index (κ2) is 9.39. The topological polar surface area (TPSA) is 125 Å². The number of anilines is 1. The summed E-state index contributed by atoms with van der Waals surface area (Å²) in [5, 5.41) is 22.8. The molecule has 0 aliphatic carbocycles. The van der Waals surface area contributed by atoms with Gasteiger partial charge in [-0.3, -0.25) is 4.98 Å². The minimum atomic E-state index is -0.505. The Bertz CT molecular complexity index is 1500.